The van der Waals surface area contributed by atoms with E-state index in [1.165, 1.54) is 0 Å². The number of carbonyl (C=O) groups is 2. The molecule has 0 aliphatic carbocycles. The smallest absolute Gasteiger partial charge is 0.255 e. The van der Waals surface area contributed by atoms with Crippen LogP contribution in [0.1, 0.15) is 34.6 Å². The Labute approximate surface area is 130 Å². The van der Waals surface area contributed by atoms with Crippen molar-refractivity contribution >= 4 is 17.5 Å². The molecule has 0 spiro atoms. The third kappa shape index (κ3) is 3.69. The standard InChI is InChI=1S/C17H19N3O2/c1-3-20(4-2)17(22)14-6-5-7-15(12-14)19-16(21)13-8-10-18-11-9-13/h5-12H,3-4H2,1-2H3,(H,19,21). The Kier molecular flexibility index (Phi) is 5.25. The highest BCUT2D eigenvalue weighted by Crippen LogP contribution is 2.14. The molecule has 0 aliphatic heterocycles. The Morgan fingerprint density at radius 3 is 2.36 bits per heavy atom. The van der Waals surface area contributed by atoms with Gasteiger partial charge in [0.15, 0.2) is 0 Å². The third-order valence-electron chi connectivity index (χ3n) is 3.36. The second kappa shape index (κ2) is 7.36. The van der Waals surface area contributed by atoms with Crippen LogP contribution in [0.15, 0.2) is 48.8 Å². The minimum atomic E-state index is -0.227. The highest BCUT2D eigenvalue weighted by molar-refractivity contribution is 6.05. The van der Waals surface area contributed by atoms with Gasteiger partial charge in [0.25, 0.3) is 11.8 Å². The SMILES string of the molecule is CCN(CC)C(=O)c1cccc(NC(=O)c2ccncc2)c1. The fourth-order valence-electron chi connectivity index (χ4n) is 2.13. The monoisotopic (exact) mass is 297 g/mol. The van der Waals surface area contributed by atoms with Crippen LogP contribution < -0.4 is 5.32 Å². The van der Waals surface area contributed by atoms with Crippen molar-refractivity contribution in [1.29, 1.82) is 0 Å². The topological polar surface area (TPSA) is 62.3 Å². The van der Waals surface area contributed by atoms with E-state index >= 15 is 0 Å². The zero-order valence-corrected chi connectivity index (χ0v) is 12.7. The van der Waals surface area contributed by atoms with Gasteiger partial charge in [0.1, 0.15) is 0 Å². The number of amides is 2. The van der Waals surface area contributed by atoms with Gasteiger partial charge < -0.3 is 10.2 Å². The summed E-state index contributed by atoms with van der Waals surface area (Å²) in [6.07, 6.45) is 3.13. The van der Waals surface area contributed by atoms with E-state index in [9.17, 15) is 9.59 Å². The van der Waals surface area contributed by atoms with Gasteiger partial charge in [-0.2, -0.15) is 0 Å². The molecule has 2 aromatic rings. The molecule has 1 N–H and O–H groups in total. The molecule has 0 saturated carbocycles. The molecule has 114 valence electrons. The van der Waals surface area contributed by atoms with Crippen LogP contribution in [-0.2, 0) is 0 Å². The normalized spacial score (nSPS) is 10.1. The Morgan fingerprint density at radius 1 is 1.05 bits per heavy atom. The molecule has 2 amide bonds. The maximum Gasteiger partial charge on any atom is 0.255 e. The molecule has 2 rings (SSSR count). The number of pyridine rings is 1. The lowest BCUT2D eigenvalue weighted by Crippen LogP contribution is -2.30. The summed E-state index contributed by atoms with van der Waals surface area (Å²) < 4.78 is 0. The summed E-state index contributed by atoms with van der Waals surface area (Å²) >= 11 is 0. The van der Waals surface area contributed by atoms with E-state index in [-0.39, 0.29) is 11.8 Å². The van der Waals surface area contributed by atoms with Crippen LogP contribution >= 0.6 is 0 Å². The van der Waals surface area contributed by atoms with Crippen LogP contribution in [0.3, 0.4) is 0 Å². The van der Waals surface area contributed by atoms with E-state index in [1.54, 1.807) is 53.7 Å². The van der Waals surface area contributed by atoms with Crippen LogP contribution in [0.2, 0.25) is 0 Å². The summed E-state index contributed by atoms with van der Waals surface area (Å²) in [5, 5.41) is 2.79. The van der Waals surface area contributed by atoms with Crippen molar-refractivity contribution in [2.24, 2.45) is 0 Å². The summed E-state index contributed by atoms with van der Waals surface area (Å²) in [7, 11) is 0. The Balaban J connectivity index is 2.15. The van der Waals surface area contributed by atoms with Crippen LogP contribution in [0, 0.1) is 0 Å². The molecule has 22 heavy (non-hydrogen) atoms. The van der Waals surface area contributed by atoms with Crippen LogP contribution in [-0.4, -0.2) is 34.8 Å². The zero-order valence-electron chi connectivity index (χ0n) is 12.7. The van der Waals surface area contributed by atoms with Gasteiger partial charge in [0.2, 0.25) is 0 Å². The summed E-state index contributed by atoms with van der Waals surface area (Å²) in [4.78, 5) is 30.0. The molecular weight excluding hydrogens is 278 g/mol. The molecule has 0 aliphatic rings. The molecular formula is C17H19N3O2. The molecule has 5 heteroatoms. The molecule has 0 radical (unpaired) electrons. The number of rotatable bonds is 5. The number of carbonyl (C=O) groups excluding carboxylic acids is 2. The maximum atomic E-state index is 12.3. The summed E-state index contributed by atoms with van der Waals surface area (Å²) in [5.41, 5.74) is 1.69. The molecule has 1 aromatic carbocycles. The quantitative estimate of drug-likeness (QED) is 0.923. The van der Waals surface area contributed by atoms with Crippen molar-refractivity contribution in [3.8, 4) is 0 Å². The number of nitrogens with one attached hydrogen (secondary N) is 1. The van der Waals surface area contributed by atoms with Gasteiger partial charge in [0.05, 0.1) is 0 Å². The van der Waals surface area contributed by atoms with Crippen molar-refractivity contribution in [1.82, 2.24) is 9.88 Å². The number of anilines is 1. The number of aromatic nitrogens is 1. The molecule has 1 aromatic heterocycles. The lowest BCUT2D eigenvalue weighted by atomic mass is 10.1. The van der Waals surface area contributed by atoms with E-state index in [0.717, 1.165) is 0 Å². The summed E-state index contributed by atoms with van der Waals surface area (Å²) in [6, 6.07) is 10.2. The Hall–Kier alpha value is -2.69. The predicted molar refractivity (Wildman–Crippen MR) is 85.9 cm³/mol. The van der Waals surface area contributed by atoms with Gasteiger partial charge >= 0.3 is 0 Å². The first-order valence-corrected chi connectivity index (χ1v) is 7.26. The third-order valence-corrected chi connectivity index (χ3v) is 3.36. The average molecular weight is 297 g/mol. The van der Waals surface area contributed by atoms with Crippen molar-refractivity contribution in [2.75, 3.05) is 18.4 Å². The van der Waals surface area contributed by atoms with Crippen LogP contribution in [0.4, 0.5) is 5.69 Å². The highest BCUT2D eigenvalue weighted by Gasteiger charge is 2.13. The summed E-state index contributed by atoms with van der Waals surface area (Å²) in [5.74, 6) is -0.264. The molecule has 0 saturated heterocycles. The average Bonchev–Trinajstić information content (AvgIpc) is 2.57. The number of benzene rings is 1. The number of nitrogens with zero attached hydrogens (tertiary/aromatic N) is 2. The number of hydrogen-bond donors (Lipinski definition) is 1. The van der Waals surface area contributed by atoms with Gasteiger partial charge in [0, 0.05) is 42.3 Å². The Bertz CT molecular complexity index is 652. The van der Waals surface area contributed by atoms with Crippen molar-refractivity contribution in [2.45, 2.75) is 13.8 Å². The van der Waals surface area contributed by atoms with E-state index in [0.29, 0.717) is 29.9 Å². The minimum Gasteiger partial charge on any atom is -0.339 e. The van der Waals surface area contributed by atoms with Crippen molar-refractivity contribution in [3.63, 3.8) is 0 Å². The predicted octanol–water partition coefficient (Wildman–Crippen LogP) is 2.82. The molecule has 0 fully saturated rings. The first-order valence-electron chi connectivity index (χ1n) is 7.26. The molecule has 5 nitrogen and oxygen atoms in total. The zero-order chi connectivity index (χ0) is 15.9. The van der Waals surface area contributed by atoms with Crippen LogP contribution in [0.25, 0.3) is 0 Å². The van der Waals surface area contributed by atoms with E-state index < -0.39 is 0 Å². The number of hydrogen-bond acceptors (Lipinski definition) is 3. The summed E-state index contributed by atoms with van der Waals surface area (Å²) in [6.45, 7) is 5.19. The van der Waals surface area contributed by atoms with Gasteiger partial charge in [-0.05, 0) is 44.2 Å². The van der Waals surface area contributed by atoms with E-state index in [2.05, 4.69) is 10.3 Å². The second-order valence-corrected chi connectivity index (χ2v) is 4.75. The molecule has 0 bridgehead atoms. The maximum absolute atomic E-state index is 12.3. The van der Waals surface area contributed by atoms with Gasteiger partial charge in [-0.15, -0.1) is 0 Å². The molecule has 0 atom stereocenters. The first kappa shape index (κ1) is 15.7. The van der Waals surface area contributed by atoms with Gasteiger partial charge in [-0.1, -0.05) is 6.07 Å². The van der Waals surface area contributed by atoms with Gasteiger partial charge in [-0.3, -0.25) is 14.6 Å². The second-order valence-electron chi connectivity index (χ2n) is 4.75. The fourth-order valence-corrected chi connectivity index (χ4v) is 2.13. The van der Waals surface area contributed by atoms with E-state index in [1.807, 2.05) is 13.8 Å². The van der Waals surface area contributed by atoms with Crippen molar-refractivity contribution in [3.05, 3.63) is 59.9 Å². The largest absolute Gasteiger partial charge is 0.339 e. The minimum absolute atomic E-state index is 0.0370. The first-order chi connectivity index (χ1) is 10.7. The van der Waals surface area contributed by atoms with Crippen LogP contribution in [0.5, 0.6) is 0 Å². The fraction of sp³-hybridized carbons (Fsp3) is 0.235. The lowest BCUT2D eigenvalue weighted by Gasteiger charge is -2.19. The molecule has 1 heterocycles. The molecule has 0 unspecified atom stereocenters. The van der Waals surface area contributed by atoms with Crippen molar-refractivity contribution < 1.29 is 9.59 Å². The highest BCUT2D eigenvalue weighted by atomic mass is 16.2. The van der Waals surface area contributed by atoms with Gasteiger partial charge in [-0.25, -0.2) is 0 Å². The van der Waals surface area contributed by atoms with E-state index in [4.69, 9.17) is 0 Å². The lowest BCUT2D eigenvalue weighted by molar-refractivity contribution is 0.0772. The Morgan fingerprint density at radius 2 is 1.73 bits per heavy atom.